The molecule has 2 heterocycles. The second-order valence-electron chi connectivity index (χ2n) is 6.94. The van der Waals surface area contributed by atoms with Gasteiger partial charge in [-0.05, 0) is 56.9 Å². The average molecular weight is 444 g/mol. The quantitative estimate of drug-likeness (QED) is 0.421. The van der Waals surface area contributed by atoms with Crippen molar-refractivity contribution in [1.82, 2.24) is 14.8 Å². The molecule has 1 aromatic carbocycles. The van der Waals surface area contributed by atoms with E-state index in [0.717, 1.165) is 23.0 Å². The number of carbonyl (C=O) groups is 2. The molecule has 1 atom stereocenters. The molecule has 3 rings (SSSR count). The highest BCUT2D eigenvalue weighted by Gasteiger charge is 2.45. The smallest absolute Gasteiger partial charge is 0.295 e. The third-order valence-corrected chi connectivity index (χ3v) is 5.21. The maximum Gasteiger partial charge on any atom is 0.295 e. The van der Waals surface area contributed by atoms with Crippen LogP contribution in [0.15, 0.2) is 58.8 Å². The van der Waals surface area contributed by atoms with Crippen molar-refractivity contribution in [2.45, 2.75) is 12.5 Å². The van der Waals surface area contributed by atoms with E-state index in [4.69, 9.17) is 0 Å². The van der Waals surface area contributed by atoms with Crippen LogP contribution in [-0.4, -0.2) is 58.8 Å². The van der Waals surface area contributed by atoms with Crippen LogP contribution < -0.4 is 0 Å². The van der Waals surface area contributed by atoms with E-state index in [0.29, 0.717) is 12.1 Å². The van der Waals surface area contributed by atoms with Crippen molar-refractivity contribution >= 4 is 33.4 Å². The molecule has 0 saturated carbocycles. The molecule has 146 valence electrons. The van der Waals surface area contributed by atoms with Gasteiger partial charge in [-0.15, -0.1) is 0 Å². The number of benzene rings is 1. The molecule has 6 nitrogen and oxygen atoms in total. The summed E-state index contributed by atoms with van der Waals surface area (Å²) >= 11 is 3.41. The molecular weight excluding hydrogens is 422 g/mol. The third-order valence-electron chi connectivity index (χ3n) is 4.68. The molecule has 0 unspecified atom stereocenters. The molecule has 1 saturated heterocycles. The molecule has 0 radical (unpaired) electrons. The van der Waals surface area contributed by atoms with Gasteiger partial charge in [-0.25, -0.2) is 0 Å². The summed E-state index contributed by atoms with van der Waals surface area (Å²) in [6.07, 6.45) is 3.80. The van der Waals surface area contributed by atoms with E-state index in [1.165, 1.54) is 12.4 Å². The van der Waals surface area contributed by atoms with Crippen molar-refractivity contribution in [3.8, 4) is 0 Å². The largest absolute Gasteiger partial charge is 0.507 e. The SMILES string of the molecule is CN(C)CCCN1C(=O)C(=O)/C(=C(/O)c2ccncc2)[C@H]1c1ccc(Br)cc1. The van der Waals surface area contributed by atoms with Crippen LogP contribution in [-0.2, 0) is 9.59 Å². The highest BCUT2D eigenvalue weighted by Crippen LogP contribution is 2.39. The number of rotatable bonds is 6. The Morgan fingerprint density at radius 3 is 2.39 bits per heavy atom. The number of aliphatic hydroxyl groups is 1. The van der Waals surface area contributed by atoms with E-state index in [9.17, 15) is 14.7 Å². The van der Waals surface area contributed by atoms with Crippen LogP contribution >= 0.6 is 15.9 Å². The molecule has 7 heteroatoms. The first kappa shape index (κ1) is 20.2. The molecule has 1 N–H and O–H groups in total. The number of nitrogens with zero attached hydrogens (tertiary/aromatic N) is 3. The number of aromatic nitrogens is 1. The molecule has 0 aliphatic carbocycles. The Hall–Kier alpha value is -2.51. The first-order valence-electron chi connectivity index (χ1n) is 8.99. The number of hydrogen-bond acceptors (Lipinski definition) is 5. The predicted molar refractivity (Wildman–Crippen MR) is 111 cm³/mol. The first-order valence-corrected chi connectivity index (χ1v) is 9.78. The Morgan fingerprint density at radius 1 is 1.14 bits per heavy atom. The molecule has 1 amide bonds. The Balaban J connectivity index is 2.07. The summed E-state index contributed by atoms with van der Waals surface area (Å²) in [4.78, 5) is 33.1. The maximum absolute atomic E-state index is 12.8. The standard InChI is InChI=1S/C21H22BrN3O3/c1-24(2)12-3-13-25-18(14-4-6-16(22)7-5-14)17(20(27)21(25)28)19(26)15-8-10-23-11-9-15/h4-11,18,26H,3,12-13H2,1-2H3/b19-17+/t18-/m1/s1. The predicted octanol–water partition coefficient (Wildman–Crippen LogP) is 3.22. The van der Waals surface area contributed by atoms with Gasteiger partial charge in [0, 0.05) is 29.0 Å². The normalized spacial score (nSPS) is 18.9. The van der Waals surface area contributed by atoms with Gasteiger partial charge >= 0.3 is 0 Å². The van der Waals surface area contributed by atoms with Gasteiger partial charge in [-0.2, -0.15) is 0 Å². The zero-order chi connectivity index (χ0) is 20.3. The molecule has 1 aliphatic heterocycles. The minimum absolute atomic E-state index is 0.114. The number of hydrogen-bond donors (Lipinski definition) is 1. The lowest BCUT2D eigenvalue weighted by atomic mass is 9.95. The topological polar surface area (TPSA) is 73.7 Å². The number of aliphatic hydroxyl groups excluding tert-OH is 1. The van der Waals surface area contributed by atoms with E-state index >= 15 is 0 Å². The van der Waals surface area contributed by atoms with Crippen molar-refractivity contribution in [2.24, 2.45) is 0 Å². The lowest BCUT2D eigenvalue weighted by molar-refractivity contribution is -0.139. The summed E-state index contributed by atoms with van der Waals surface area (Å²) in [5.74, 6) is -1.42. The number of likely N-dealkylation sites (tertiary alicyclic amines) is 1. The Bertz CT molecular complexity index is 895. The van der Waals surface area contributed by atoms with E-state index in [1.54, 1.807) is 17.0 Å². The lowest BCUT2D eigenvalue weighted by Crippen LogP contribution is -2.32. The summed E-state index contributed by atoms with van der Waals surface area (Å²) in [6, 6.07) is 10.1. The van der Waals surface area contributed by atoms with E-state index < -0.39 is 17.7 Å². The van der Waals surface area contributed by atoms with Crippen molar-refractivity contribution < 1.29 is 14.7 Å². The second-order valence-corrected chi connectivity index (χ2v) is 7.85. The lowest BCUT2D eigenvalue weighted by Gasteiger charge is -2.26. The number of Topliss-reactive ketones (excluding diaryl/α,β-unsaturated/α-hetero) is 1. The van der Waals surface area contributed by atoms with Gasteiger partial charge in [0.1, 0.15) is 5.76 Å². The highest BCUT2D eigenvalue weighted by molar-refractivity contribution is 9.10. The van der Waals surface area contributed by atoms with Crippen molar-refractivity contribution in [3.63, 3.8) is 0 Å². The zero-order valence-corrected chi connectivity index (χ0v) is 17.4. The van der Waals surface area contributed by atoms with Crippen LogP contribution in [0.3, 0.4) is 0 Å². The molecule has 0 bridgehead atoms. The number of halogens is 1. The molecule has 2 aromatic rings. The molecule has 1 aromatic heterocycles. The Morgan fingerprint density at radius 2 is 1.79 bits per heavy atom. The second kappa shape index (κ2) is 8.67. The van der Waals surface area contributed by atoms with Crippen LogP contribution in [0.1, 0.15) is 23.6 Å². The van der Waals surface area contributed by atoms with Crippen molar-refractivity contribution in [2.75, 3.05) is 27.2 Å². The van der Waals surface area contributed by atoms with Gasteiger partial charge in [-0.1, -0.05) is 28.1 Å². The highest BCUT2D eigenvalue weighted by atomic mass is 79.9. The van der Waals surface area contributed by atoms with Crippen LogP contribution in [0.2, 0.25) is 0 Å². The maximum atomic E-state index is 12.8. The van der Waals surface area contributed by atoms with Gasteiger partial charge in [0.2, 0.25) is 0 Å². The molecule has 1 fully saturated rings. The molecular formula is C21H22BrN3O3. The van der Waals surface area contributed by atoms with Gasteiger partial charge in [-0.3, -0.25) is 14.6 Å². The zero-order valence-electron chi connectivity index (χ0n) is 15.8. The van der Waals surface area contributed by atoms with Crippen LogP contribution in [0.25, 0.3) is 5.76 Å². The average Bonchev–Trinajstić information content (AvgIpc) is 2.93. The number of amides is 1. The van der Waals surface area contributed by atoms with Gasteiger partial charge in [0.05, 0.1) is 11.6 Å². The molecule has 28 heavy (non-hydrogen) atoms. The monoisotopic (exact) mass is 443 g/mol. The first-order chi connectivity index (χ1) is 13.4. The molecule has 1 aliphatic rings. The van der Waals surface area contributed by atoms with Crippen molar-refractivity contribution in [1.29, 1.82) is 0 Å². The third kappa shape index (κ3) is 4.15. The molecule has 0 spiro atoms. The van der Waals surface area contributed by atoms with Gasteiger partial charge < -0.3 is 14.9 Å². The fourth-order valence-electron chi connectivity index (χ4n) is 3.32. The summed E-state index contributed by atoms with van der Waals surface area (Å²) in [7, 11) is 3.92. The summed E-state index contributed by atoms with van der Waals surface area (Å²) < 4.78 is 0.898. The summed E-state index contributed by atoms with van der Waals surface area (Å²) in [5.41, 5.74) is 1.36. The van der Waals surface area contributed by atoms with E-state index in [-0.39, 0.29) is 11.3 Å². The summed E-state index contributed by atoms with van der Waals surface area (Å²) in [5, 5.41) is 10.9. The van der Waals surface area contributed by atoms with Crippen molar-refractivity contribution in [3.05, 3.63) is 70.0 Å². The summed E-state index contributed by atoms with van der Waals surface area (Å²) in [6.45, 7) is 1.22. The van der Waals surface area contributed by atoms with E-state index in [1.807, 2.05) is 43.3 Å². The fourth-order valence-corrected chi connectivity index (χ4v) is 3.59. The van der Waals surface area contributed by atoms with Gasteiger partial charge in [0.15, 0.2) is 0 Å². The van der Waals surface area contributed by atoms with Crippen LogP contribution in [0, 0.1) is 0 Å². The number of pyridine rings is 1. The van der Waals surface area contributed by atoms with E-state index in [2.05, 4.69) is 20.9 Å². The minimum Gasteiger partial charge on any atom is -0.507 e. The minimum atomic E-state index is -0.660. The Labute approximate surface area is 172 Å². The fraction of sp³-hybridized carbons (Fsp3) is 0.286. The Kier molecular flexibility index (Phi) is 6.26. The number of ketones is 1. The van der Waals surface area contributed by atoms with Crippen LogP contribution in [0.4, 0.5) is 0 Å². The number of carbonyl (C=O) groups excluding carboxylic acids is 2. The van der Waals surface area contributed by atoms with Crippen LogP contribution in [0.5, 0.6) is 0 Å². The van der Waals surface area contributed by atoms with Gasteiger partial charge in [0.25, 0.3) is 11.7 Å².